The van der Waals surface area contributed by atoms with E-state index in [2.05, 4.69) is 10.3 Å². The molecule has 0 bridgehead atoms. The molecule has 4 rings (SSSR count). The fraction of sp³-hybridized carbons (Fsp3) is 0.350. The summed E-state index contributed by atoms with van der Waals surface area (Å²) in [6.45, 7) is 1.87. The predicted octanol–water partition coefficient (Wildman–Crippen LogP) is 2.90. The first-order valence-electron chi connectivity index (χ1n) is 8.79. The molecule has 1 spiro atoms. The lowest BCUT2D eigenvalue weighted by Gasteiger charge is -2.17. The van der Waals surface area contributed by atoms with Crippen molar-refractivity contribution in [2.24, 2.45) is 11.3 Å². The van der Waals surface area contributed by atoms with Crippen molar-refractivity contribution in [3.05, 3.63) is 64.9 Å². The Morgan fingerprint density at radius 3 is 2.65 bits per heavy atom. The average molecular weight is 370 g/mol. The first kappa shape index (κ1) is 17.0. The summed E-state index contributed by atoms with van der Waals surface area (Å²) >= 11 is 5.89. The molecule has 2 amide bonds. The number of halogens is 1. The molecule has 1 saturated heterocycles. The number of rotatable bonds is 4. The number of nitrogens with zero attached hydrogens (tertiary/aromatic N) is 2. The maximum Gasteiger partial charge on any atom is 0.253 e. The topological polar surface area (TPSA) is 62.3 Å². The van der Waals surface area contributed by atoms with E-state index in [1.54, 1.807) is 36.7 Å². The van der Waals surface area contributed by atoms with Gasteiger partial charge in [0.1, 0.15) is 0 Å². The number of nitrogens with one attached hydrogen (secondary N) is 1. The van der Waals surface area contributed by atoms with Crippen molar-refractivity contribution in [1.82, 2.24) is 15.2 Å². The molecule has 134 valence electrons. The minimum absolute atomic E-state index is 0.00681. The van der Waals surface area contributed by atoms with Gasteiger partial charge in [-0.2, -0.15) is 0 Å². The highest BCUT2D eigenvalue weighted by atomic mass is 35.5. The average Bonchev–Trinajstić information content (AvgIpc) is 3.20. The zero-order valence-corrected chi connectivity index (χ0v) is 15.1. The minimum Gasteiger partial charge on any atom is -0.352 e. The van der Waals surface area contributed by atoms with Crippen LogP contribution in [0.4, 0.5) is 0 Å². The fourth-order valence-corrected chi connectivity index (χ4v) is 3.95. The molecule has 26 heavy (non-hydrogen) atoms. The number of likely N-dealkylation sites (tertiary alicyclic amines) is 1. The minimum atomic E-state index is -0.0373. The van der Waals surface area contributed by atoms with E-state index in [0.717, 1.165) is 18.4 Å². The first-order valence-corrected chi connectivity index (χ1v) is 9.17. The van der Waals surface area contributed by atoms with Gasteiger partial charge < -0.3 is 10.2 Å². The van der Waals surface area contributed by atoms with Crippen molar-refractivity contribution in [3.63, 3.8) is 0 Å². The molecular formula is C20H20ClN3O2. The zero-order valence-electron chi connectivity index (χ0n) is 14.3. The number of carbonyl (C=O) groups excluding carboxylic acids is 2. The molecular weight excluding hydrogens is 350 g/mol. The lowest BCUT2D eigenvalue weighted by molar-refractivity contribution is -0.123. The standard InChI is InChI=1S/C20H20ClN3O2/c21-16-3-1-15(2-4-16)19(26)24-10-7-20(13-24)11-17(20)18(25)23-12-14-5-8-22-9-6-14/h1-6,8-9,17H,7,10-13H2,(H,23,25)/t17-,20+/m0/s1. The summed E-state index contributed by atoms with van der Waals surface area (Å²) in [7, 11) is 0. The summed E-state index contributed by atoms with van der Waals surface area (Å²) < 4.78 is 0. The SMILES string of the molecule is O=C(NCc1ccncc1)[C@@H]1C[C@@]12CCN(C(=O)c1ccc(Cl)cc1)C2. The number of carbonyl (C=O) groups is 2. The number of aromatic nitrogens is 1. The van der Waals surface area contributed by atoms with E-state index in [9.17, 15) is 9.59 Å². The van der Waals surface area contributed by atoms with Gasteiger partial charge in [0.2, 0.25) is 5.91 Å². The van der Waals surface area contributed by atoms with E-state index in [0.29, 0.717) is 30.2 Å². The molecule has 2 aromatic rings. The Labute approximate surface area is 157 Å². The second kappa shape index (κ2) is 6.72. The van der Waals surface area contributed by atoms with E-state index in [1.807, 2.05) is 17.0 Å². The molecule has 0 radical (unpaired) electrons. The monoisotopic (exact) mass is 369 g/mol. The van der Waals surface area contributed by atoms with Gasteiger partial charge in [0, 0.05) is 53.9 Å². The van der Waals surface area contributed by atoms with Crippen LogP contribution < -0.4 is 5.32 Å². The van der Waals surface area contributed by atoms with Gasteiger partial charge in [-0.05, 0) is 54.8 Å². The first-order chi connectivity index (χ1) is 12.6. The molecule has 2 aliphatic rings. The second-order valence-electron chi connectivity index (χ2n) is 7.18. The summed E-state index contributed by atoms with van der Waals surface area (Å²) in [5.74, 6) is 0.108. The second-order valence-corrected chi connectivity index (χ2v) is 7.61. The molecule has 0 unspecified atom stereocenters. The Bertz CT molecular complexity index is 825. The van der Waals surface area contributed by atoms with E-state index in [4.69, 9.17) is 11.6 Å². The van der Waals surface area contributed by atoms with Crippen molar-refractivity contribution in [3.8, 4) is 0 Å². The van der Waals surface area contributed by atoms with Gasteiger partial charge in [-0.3, -0.25) is 14.6 Å². The van der Waals surface area contributed by atoms with Crippen molar-refractivity contribution in [1.29, 1.82) is 0 Å². The predicted molar refractivity (Wildman–Crippen MR) is 98.6 cm³/mol. The Morgan fingerprint density at radius 2 is 1.92 bits per heavy atom. The van der Waals surface area contributed by atoms with Crippen molar-refractivity contribution in [2.75, 3.05) is 13.1 Å². The number of pyridine rings is 1. The number of benzene rings is 1. The van der Waals surface area contributed by atoms with E-state index in [-0.39, 0.29) is 23.1 Å². The summed E-state index contributed by atoms with van der Waals surface area (Å²) in [5, 5.41) is 3.63. The quantitative estimate of drug-likeness (QED) is 0.901. The van der Waals surface area contributed by atoms with Gasteiger partial charge in [-0.25, -0.2) is 0 Å². The van der Waals surface area contributed by atoms with E-state index < -0.39 is 0 Å². The van der Waals surface area contributed by atoms with Gasteiger partial charge in [-0.1, -0.05) is 11.6 Å². The van der Waals surface area contributed by atoms with Crippen LogP contribution in [0.25, 0.3) is 0 Å². The van der Waals surface area contributed by atoms with Gasteiger partial charge in [-0.15, -0.1) is 0 Å². The third-order valence-electron chi connectivity index (χ3n) is 5.49. The molecule has 2 fully saturated rings. The summed E-state index contributed by atoms with van der Waals surface area (Å²) in [4.78, 5) is 31.0. The molecule has 1 aromatic heterocycles. The van der Waals surface area contributed by atoms with Crippen molar-refractivity contribution >= 4 is 23.4 Å². The van der Waals surface area contributed by atoms with Crippen LogP contribution in [0.1, 0.15) is 28.8 Å². The zero-order chi connectivity index (χ0) is 18.1. The smallest absolute Gasteiger partial charge is 0.253 e. The van der Waals surface area contributed by atoms with Gasteiger partial charge in [0.25, 0.3) is 5.91 Å². The molecule has 1 aromatic carbocycles. The van der Waals surface area contributed by atoms with Crippen molar-refractivity contribution < 1.29 is 9.59 Å². The van der Waals surface area contributed by atoms with E-state index in [1.165, 1.54) is 0 Å². The van der Waals surface area contributed by atoms with Crippen LogP contribution in [0.15, 0.2) is 48.8 Å². The summed E-state index contributed by atoms with van der Waals surface area (Å²) in [6.07, 6.45) is 5.19. The van der Waals surface area contributed by atoms with Crippen LogP contribution in [-0.4, -0.2) is 34.8 Å². The highest BCUT2D eigenvalue weighted by Gasteiger charge is 2.61. The maximum atomic E-state index is 12.6. The maximum absolute atomic E-state index is 12.6. The Balaban J connectivity index is 1.33. The molecule has 1 N–H and O–H groups in total. The van der Waals surface area contributed by atoms with Crippen LogP contribution in [-0.2, 0) is 11.3 Å². The van der Waals surface area contributed by atoms with Crippen LogP contribution in [0, 0.1) is 11.3 Å². The Kier molecular flexibility index (Phi) is 4.41. The fourth-order valence-electron chi connectivity index (χ4n) is 3.83. The van der Waals surface area contributed by atoms with Crippen LogP contribution in [0.3, 0.4) is 0 Å². The van der Waals surface area contributed by atoms with Crippen LogP contribution in [0.2, 0.25) is 5.02 Å². The summed E-state index contributed by atoms with van der Waals surface area (Å²) in [6, 6.07) is 10.7. The Morgan fingerprint density at radius 1 is 1.19 bits per heavy atom. The third kappa shape index (κ3) is 3.31. The molecule has 5 nitrogen and oxygen atoms in total. The molecule has 2 atom stereocenters. The van der Waals surface area contributed by atoms with E-state index >= 15 is 0 Å². The lowest BCUT2D eigenvalue weighted by atomic mass is 10.0. The van der Waals surface area contributed by atoms with Gasteiger partial charge in [0.05, 0.1) is 0 Å². The number of amides is 2. The van der Waals surface area contributed by atoms with Crippen molar-refractivity contribution in [2.45, 2.75) is 19.4 Å². The largest absolute Gasteiger partial charge is 0.352 e. The molecule has 2 heterocycles. The van der Waals surface area contributed by atoms with Gasteiger partial charge in [0.15, 0.2) is 0 Å². The Hall–Kier alpha value is -2.40. The highest BCUT2D eigenvalue weighted by molar-refractivity contribution is 6.30. The molecule has 1 aliphatic heterocycles. The molecule has 6 heteroatoms. The number of hydrogen-bond acceptors (Lipinski definition) is 3. The third-order valence-corrected chi connectivity index (χ3v) is 5.74. The number of hydrogen-bond donors (Lipinski definition) is 1. The normalized spacial score (nSPS) is 23.9. The lowest BCUT2D eigenvalue weighted by Crippen LogP contribution is -2.31. The van der Waals surface area contributed by atoms with Crippen LogP contribution in [0.5, 0.6) is 0 Å². The van der Waals surface area contributed by atoms with Gasteiger partial charge >= 0.3 is 0 Å². The molecule has 1 aliphatic carbocycles. The summed E-state index contributed by atoms with van der Waals surface area (Å²) in [5.41, 5.74) is 1.64. The molecule has 1 saturated carbocycles. The highest BCUT2D eigenvalue weighted by Crippen LogP contribution is 2.58. The van der Waals surface area contributed by atoms with Crippen LogP contribution >= 0.6 is 11.6 Å².